The van der Waals surface area contributed by atoms with E-state index in [0.717, 1.165) is 37.5 Å². The van der Waals surface area contributed by atoms with Crippen molar-refractivity contribution in [3.63, 3.8) is 0 Å². The number of carbonyl (C=O) groups is 2. The van der Waals surface area contributed by atoms with Crippen LogP contribution in [0.25, 0.3) is 0 Å². The Labute approximate surface area is 183 Å². The number of ether oxygens (including phenoxy) is 2. The third-order valence-corrected chi connectivity index (χ3v) is 5.50. The molecule has 2 aromatic carbocycles. The van der Waals surface area contributed by atoms with Gasteiger partial charge in [-0.3, -0.25) is 14.5 Å². The van der Waals surface area contributed by atoms with Gasteiger partial charge in [0.05, 0.1) is 25.9 Å². The van der Waals surface area contributed by atoms with Gasteiger partial charge in [0.1, 0.15) is 11.5 Å². The minimum Gasteiger partial charge on any atom is -0.497 e. The fourth-order valence-electron chi connectivity index (χ4n) is 3.61. The number of anilines is 1. The fourth-order valence-corrected chi connectivity index (χ4v) is 3.61. The van der Waals surface area contributed by atoms with E-state index in [1.807, 2.05) is 24.3 Å². The zero-order chi connectivity index (χ0) is 22.2. The van der Waals surface area contributed by atoms with Crippen LogP contribution in [0.5, 0.6) is 11.5 Å². The molecule has 1 fully saturated rings. The van der Waals surface area contributed by atoms with Crippen molar-refractivity contribution in [3.05, 3.63) is 54.1 Å². The molecule has 166 valence electrons. The number of amides is 2. The van der Waals surface area contributed by atoms with E-state index in [0.29, 0.717) is 18.0 Å². The van der Waals surface area contributed by atoms with E-state index in [4.69, 9.17) is 9.47 Å². The lowest BCUT2D eigenvalue weighted by molar-refractivity contribution is -0.136. The topological polar surface area (TPSA) is 83.1 Å². The van der Waals surface area contributed by atoms with E-state index in [-0.39, 0.29) is 6.04 Å². The predicted molar refractivity (Wildman–Crippen MR) is 119 cm³/mol. The van der Waals surface area contributed by atoms with Gasteiger partial charge in [0.2, 0.25) is 0 Å². The van der Waals surface area contributed by atoms with Crippen molar-refractivity contribution in [1.29, 1.82) is 0 Å². The van der Waals surface area contributed by atoms with Crippen molar-refractivity contribution in [1.82, 2.24) is 15.1 Å². The van der Waals surface area contributed by atoms with E-state index >= 15 is 0 Å². The zero-order valence-electron chi connectivity index (χ0n) is 18.3. The lowest BCUT2D eigenvalue weighted by Crippen LogP contribution is -2.49. The number of likely N-dealkylation sites (N-methyl/N-ethyl adjacent to an activating group) is 1. The summed E-state index contributed by atoms with van der Waals surface area (Å²) in [6, 6.07) is 14.8. The summed E-state index contributed by atoms with van der Waals surface area (Å²) in [6.07, 6.45) is 0. The molecular weight excluding hydrogens is 396 g/mol. The minimum absolute atomic E-state index is 0.0392. The van der Waals surface area contributed by atoms with E-state index in [2.05, 4.69) is 27.5 Å². The van der Waals surface area contributed by atoms with Gasteiger partial charge in [0.25, 0.3) is 0 Å². The second kappa shape index (κ2) is 10.8. The Morgan fingerprint density at radius 2 is 1.61 bits per heavy atom. The van der Waals surface area contributed by atoms with Crippen LogP contribution in [-0.2, 0) is 9.59 Å². The first kappa shape index (κ1) is 22.6. The van der Waals surface area contributed by atoms with Gasteiger partial charge in [-0.25, -0.2) is 0 Å². The number of para-hydroxylation sites is 2. The number of piperazine rings is 1. The summed E-state index contributed by atoms with van der Waals surface area (Å²) < 4.78 is 10.5. The highest BCUT2D eigenvalue weighted by molar-refractivity contribution is 6.39. The van der Waals surface area contributed by atoms with E-state index in [9.17, 15) is 9.59 Å². The summed E-state index contributed by atoms with van der Waals surface area (Å²) in [5.41, 5.74) is 1.52. The first-order chi connectivity index (χ1) is 15.0. The fraction of sp³-hybridized carbons (Fsp3) is 0.391. The Morgan fingerprint density at radius 1 is 0.935 bits per heavy atom. The monoisotopic (exact) mass is 426 g/mol. The Kier molecular flexibility index (Phi) is 7.86. The number of benzene rings is 2. The average Bonchev–Trinajstić information content (AvgIpc) is 2.80. The van der Waals surface area contributed by atoms with Crippen LogP contribution in [-0.4, -0.2) is 75.6 Å². The normalized spacial score (nSPS) is 15.7. The first-order valence-electron chi connectivity index (χ1n) is 10.3. The quantitative estimate of drug-likeness (QED) is 0.657. The molecule has 1 saturated heterocycles. The summed E-state index contributed by atoms with van der Waals surface area (Å²) in [5, 5.41) is 5.41. The van der Waals surface area contributed by atoms with Gasteiger partial charge in [0.15, 0.2) is 0 Å². The van der Waals surface area contributed by atoms with Crippen molar-refractivity contribution in [2.24, 2.45) is 0 Å². The van der Waals surface area contributed by atoms with Crippen molar-refractivity contribution < 1.29 is 19.1 Å². The highest BCUT2D eigenvalue weighted by Gasteiger charge is 2.25. The number of methoxy groups -OCH3 is 2. The van der Waals surface area contributed by atoms with Gasteiger partial charge in [-0.15, -0.1) is 0 Å². The number of rotatable bonds is 7. The Hall–Kier alpha value is -3.10. The lowest BCUT2D eigenvalue weighted by Gasteiger charge is -2.38. The minimum atomic E-state index is -0.726. The molecule has 1 atom stereocenters. The van der Waals surface area contributed by atoms with E-state index in [1.54, 1.807) is 31.4 Å². The Balaban J connectivity index is 1.67. The van der Waals surface area contributed by atoms with Crippen LogP contribution in [0.4, 0.5) is 5.69 Å². The maximum atomic E-state index is 12.5. The van der Waals surface area contributed by atoms with Crippen LogP contribution in [0.15, 0.2) is 48.5 Å². The molecule has 0 bridgehead atoms. The SMILES string of the molecule is COc1ccc(C(CNC(=O)C(=O)Nc2ccccc2OC)N2CCN(C)CC2)cc1. The average molecular weight is 427 g/mol. The van der Waals surface area contributed by atoms with Crippen LogP contribution in [0.1, 0.15) is 11.6 Å². The van der Waals surface area contributed by atoms with Crippen LogP contribution in [0.2, 0.25) is 0 Å². The second-order valence-corrected chi connectivity index (χ2v) is 7.49. The summed E-state index contributed by atoms with van der Waals surface area (Å²) in [5.74, 6) is -0.131. The third kappa shape index (κ3) is 5.96. The van der Waals surface area contributed by atoms with Crippen LogP contribution < -0.4 is 20.1 Å². The molecule has 0 aromatic heterocycles. The van der Waals surface area contributed by atoms with Gasteiger partial charge in [0, 0.05) is 32.7 Å². The van der Waals surface area contributed by atoms with E-state index < -0.39 is 11.8 Å². The van der Waals surface area contributed by atoms with Crippen molar-refractivity contribution in [2.75, 3.05) is 59.3 Å². The molecular formula is C23H30N4O4. The Bertz CT molecular complexity index is 879. The van der Waals surface area contributed by atoms with Gasteiger partial charge in [-0.05, 0) is 36.9 Å². The van der Waals surface area contributed by atoms with Gasteiger partial charge in [-0.2, -0.15) is 0 Å². The van der Waals surface area contributed by atoms with Gasteiger partial charge < -0.3 is 25.0 Å². The van der Waals surface area contributed by atoms with Gasteiger partial charge >= 0.3 is 11.8 Å². The summed E-state index contributed by atoms with van der Waals surface area (Å²) in [4.78, 5) is 29.5. The number of hydrogen-bond donors (Lipinski definition) is 2. The number of hydrogen-bond acceptors (Lipinski definition) is 6. The molecule has 0 saturated carbocycles. The maximum absolute atomic E-state index is 12.5. The summed E-state index contributed by atoms with van der Waals surface area (Å²) in [7, 11) is 5.25. The molecule has 1 heterocycles. The van der Waals surface area contributed by atoms with Crippen molar-refractivity contribution >= 4 is 17.5 Å². The van der Waals surface area contributed by atoms with Gasteiger partial charge in [-0.1, -0.05) is 24.3 Å². The molecule has 0 radical (unpaired) electrons. The van der Waals surface area contributed by atoms with E-state index in [1.165, 1.54) is 7.11 Å². The molecule has 2 amide bonds. The van der Waals surface area contributed by atoms with Crippen LogP contribution in [0, 0.1) is 0 Å². The molecule has 1 unspecified atom stereocenters. The highest BCUT2D eigenvalue weighted by atomic mass is 16.5. The summed E-state index contributed by atoms with van der Waals surface area (Å²) in [6.45, 7) is 4.00. The molecule has 0 spiro atoms. The van der Waals surface area contributed by atoms with Crippen molar-refractivity contribution in [2.45, 2.75) is 6.04 Å². The standard InChI is InChI=1S/C23H30N4O4/c1-26-12-14-27(15-13-26)20(17-8-10-18(30-2)11-9-17)16-24-22(28)23(29)25-19-6-4-5-7-21(19)31-3/h4-11,20H,12-16H2,1-3H3,(H,24,28)(H,25,29). The molecule has 31 heavy (non-hydrogen) atoms. The van der Waals surface area contributed by atoms with Crippen LogP contribution >= 0.6 is 0 Å². The third-order valence-electron chi connectivity index (χ3n) is 5.50. The lowest BCUT2D eigenvalue weighted by atomic mass is 10.0. The predicted octanol–water partition coefficient (Wildman–Crippen LogP) is 1.75. The number of carbonyl (C=O) groups excluding carboxylic acids is 2. The second-order valence-electron chi connectivity index (χ2n) is 7.49. The molecule has 0 aliphatic carbocycles. The summed E-state index contributed by atoms with van der Waals surface area (Å²) >= 11 is 0. The molecule has 1 aliphatic heterocycles. The largest absolute Gasteiger partial charge is 0.497 e. The molecule has 8 nitrogen and oxygen atoms in total. The number of nitrogens with zero attached hydrogens (tertiary/aromatic N) is 2. The molecule has 3 rings (SSSR count). The molecule has 2 aromatic rings. The highest BCUT2D eigenvalue weighted by Crippen LogP contribution is 2.25. The molecule has 8 heteroatoms. The molecule has 1 aliphatic rings. The number of nitrogens with one attached hydrogen (secondary N) is 2. The Morgan fingerprint density at radius 3 is 2.26 bits per heavy atom. The first-order valence-corrected chi connectivity index (χ1v) is 10.3. The van der Waals surface area contributed by atoms with Crippen molar-refractivity contribution in [3.8, 4) is 11.5 Å². The maximum Gasteiger partial charge on any atom is 0.313 e. The zero-order valence-corrected chi connectivity index (χ0v) is 18.3. The molecule has 2 N–H and O–H groups in total. The van der Waals surface area contributed by atoms with Crippen LogP contribution in [0.3, 0.4) is 0 Å². The smallest absolute Gasteiger partial charge is 0.313 e.